The van der Waals surface area contributed by atoms with Crippen molar-refractivity contribution in [2.75, 3.05) is 5.75 Å². The predicted octanol–water partition coefficient (Wildman–Crippen LogP) is -2.16. The first-order valence-corrected chi connectivity index (χ1v) is 6.55. The van der Waals surface area contributed by atoms with Crippen LogP contribution in [-0.4, -0.2) is 28.6 Å². The summed E-state index contributed by atoms with van der Waals surface area (Å²) in [6, 6.07) is 6.53. The van der Waals surface area contributed by atoms with Gasteiger partial charge in [-0.2, -0.15) is 0 Å². The number of nitrogens with zero attached hydrogens (tertiary/aromatic N) is 1. The second-order valence-corrected chi connectivity index (χ2v) is 5.18. The van der Waals surface area contributed by atoms with E-state index >= 15 is 0 Å². The number of benzene rings is 1. The largest absolute Gasteiger partial charge is 1.00 e. The second-order valence-electron chi connectivity index (χ2n) is 4.08. The number of carboxylic acid groups (broad SMARTS) is 1. The topological polar surface area (TPSA) is 69.6 Å². The van der Waals surface area contributed by atoms with E-state index in [0.29, 0.717) is 16.4 Å². The molecule has 0 saturated carbocycles. The van der Waals surface area contributed by atoms with Crippen molar-refractivity contribution < 1.29 is 44.3 Å². The first-order chi connectivity index (χ1) is 8.58. The number of carbonyl (C=O) groups excluding carboxylic acids is 2. The minimum atomic E-state index is -1.18. The summed E-state index contributed by atoms with van der Waals surface area (Å²) >= 11 is 1.32. The number of carboxylic acids is 1. The number of ketones is 1. The zero-order valence-electron chi connectivity index (χ0n) is 10.9. The molecule has 1 aliphatic heterocycles. The van der Waals surface area contributed by atoms with E-state index in [1.807, 2.05) is 25.1 Å². The number of aryl methyl sites for hydroxylation is 1. The van der Waals surface area contributed by atoms with Crippen molar-refractivity contribution in [3.05, 3.63) is 35.4 Å². The maximum atomic E-state index is 12.0. The van der Waals surface area contributed by atoms with Gasteiger partial charge in [-0.1, -0.05) is 24.3 Å². The van der Waals surface area contributed by atoms with Crippen LogP contribution in [0.3, 0.4) is 0 Å². The molecule has 19 heavy (non-hydrogen) atoms. The molecule has 0 radical (unpaired) electrons. The van der Waals surface area contributed by atoms with Gasteiger partial charge in [0.05, 0.1) is 23.5 Å². The van der Waals surface area contributed by atoms with Gasteiger partial charge >= 0.3 is 29.6 Å². The number of Topliss-reactive ketones (excluding diaryl/α,β-unsaturated/α-hetero) is 1. The van der Waals surface area contributed by atoms with Crippen LogP contribution in [0.1, 0.15) is 22.3 Å². The average molecular weight is 285 g/mol. The van der Waals surface area contributed by atoms with E-state index in [1.165, 1.54) is 11.8 Å². The minimum absolute atomic E-state index is 0. The van der Waals surface area contributed by atoms with Gasteiger partial charge in [-0.15, -0.1) is 11.8 Å². The van der Waals surface area contributed by atoms with E-state index in [4.69, 9.17) is 0 Å². The third kappa shape index (κ3) is 4.18. The van der Waals surface area contributed by atoms with Gasteiger partial charge in [-0.25, -0.2) is 0 Å². The number of hydrogen-bond donors (Lipinski definition) is 0. The fraction of sp³-hybridized carbons (Fsp3) is 0.308. The molecular formula is C13H12NNaO3S. The number of aliphatic carboxylic acids is 1. The Morgan fingerprint density at radius 2 is 2.11 bits per heavy atom. The smallest absolute Gasteiger partial charge is 0.548 e. The Morgan fingerprint density at radius 1 is 1.42 bits per heavy atom. The van der Waals surface area contributed by atoms with Crippen LogP contribution in [0.15, 0.2) is 29.3 Å². The van der Waals surface area contributed by atoms with Gasteiger partial charge in [0.15, 0.2) is 5.78 Å². The molecule has 94 valence electrons. The summed E-state index contributed by atoms with van der Waals surface area (Å²) in [5.74, 6) is -0.849. The molecule has 0 saturated heterocycles. The van der Waals surface area contributed by atoms with E-state index < -0.39 is 12.0 Å². The molecule has 0 spiro atoms. The van der Waals surface area contributed by atoms with Gasteiger partial charge in [0.25, 0.3) is 0 Å². The van der Waals surface area contributed by atoms with Crippen molar-refractivity contribution in [1.82, 2.24) is 0 Å². The number of hydrogen-bond acceptors (Lipinski definition) is 5. The molecule has 1 aromatic carbocycles. The summed E-state index contributed by atoms with van der Waals surface area (Å²) in [5, 5.41) is 11.2. The Bertz CT molecular complexity index is 530. The molecule has 0 aromatic heterocycles. The Labute approximate surface area is 138 Å². The quantitative estimate of drug-likeness (QED) is 0.466. The fourth-order valence-corrected chi connectivity index (χ4v) is 2.76. The van der Waals surface area contributed by atoms with Crippen molar-refractivity contribution in [3.8, 4) is 0 Å². The molecule has 0 N–H and O–H groups in total. The number of thioether (sulfide) groups is 1. The molecule has 0 fully saturated rings. The predicted molar refractivity (Wildman–Crippen MR) is 68.8 cm³/mol. The molecule has 4 nitrogen and oxygen atoms in total. The second kappa shape index (κ2) is 7.24. The minimum Gasteiger partial charge on any atom is -0.548 e. The Kier molecular flexibility index (Phi) is 6.26. The number of rotatable bonds is 4. The molecule has 1 aromatic rings. The molecule has 1 atom stereocenters. The molecule has 0 amide bonds. The third-order valence-corrected chi connectivity index (χ3v) is 3.80. The van der Waals surface area contributed by atoms with Crippen LogP contribution in [-0.2, 0) is 4.79 Å². The van der Waals surface area contributed by atoms with Gasteiger partial charge in [-0.3, -0.25) is 9.79 Å². The first kappa shape index (κ1) is 16.4. The zero-order chi connectivity index (χ0) is 13.1. The average Bonchev–Trinajstić information content (AvgIpc) is 2.78. The van der Waals surface area contributed by atoms with Crippen molar-refractivity contribution in [2.45, 2.75) is 19.4 Å². The van der Waals surface area contributed by atoms with Crippen LogP contribution >= 0.6 is 11.8 Å². The zero-order valence-corrected chi connectivity index (χ0v) is 13.7. The van der Waals surface area contributed by atoms with E-state index in [9.17, 15) is 14.7 Å². The van der Waals surface area contributed by atoms with Crippen molar-refractivity contribution in [1.29, 1.82) is 0 Å². The third-order valence-electron chi connectivity index (χ3n) is 2.74. The van der Waals surface area contributed by atoms with E-state index in [1.54, 1.807) is 6.07 Å². The summed E-state index contributed by atoms with van der Waals surface area (Å²) in [6.45, 7) is 1.88. The summed E-state index contributed by atoms with van der Waals surface area (Å²) < 4.78 is 0. The molecule has 1 unspecified atom stereocenters. The SMILES string of the molecule is Cc1ccccc1C(=O)CC1=NC(C(=O)[O-])CS1.[Na+]. The monoisotopic (exact) mass is 285 g/mol. The van der Waals surface area contributed by atoms with Crippen molar-refractivity contribution in [3.63, 3.8) is 0 Å². The van der Waals surface area contributed by atoms with E-state index in [2.05, 4.69) is 4.99 Å². The van der Waals surface area contributed by atoms with Gasteiger partial charge in [0.2, 0.25) is 0 Å². The number of carbonyl (C=O) groups is 2. The molecular weight excluding hydrogens is 273 g/mol. The van der Waals surface area contributed by atoms with Crippen LogP contribution in [0.4, 0.5) is 0 Å². The Hall–Kier alpha value is -0.620. The molecule has 0 aliphatic carbocycles. The Balaban J connectivity index is 0.00000180. The van der Waals surface area contributed by atoms with Gasteiger partial charge in [0, 0.05) is 11.3 Å². The summed E-state index contributed by atoms with van der Waals surface area (Å²) in [6.07, 6.45) is 0.166. The van der Waals surface area contributed by atoms with E-state index in [0.717, 1.165) is 5.56 Å². The summed E-state index contributed by atoms with van der Waals surface area (Å²) in [5.41, 5.74) is 1.58. The maximum absolute atomic E-state index is 12.0. The molecule has 1 aliphatic rings. The first-order valence-electron chi connectivity index (χ1n) is 5.57. The molecule has 0 bridgehead atoms. The summed E-state index contributed by atoms with van der Waals surface area (Å²) in [7, 11) is 0. The Morgan fingerprint density at radius 3 is 2.68 bits per heavy atom. The fourth-order valence-electron chi connectivity index (χ4n) is 1.76. The molecule has 1 heterocycles. The maximum Gasteiger partial charge on any atom is 1.00 e. The van der Waals surface area contributed by atoms with E-state index in [-0.39, 0.29) is 41.8 Å². The standard InChI is InChI=1S/C13H13NO3S.Na/c1-8-4-2-3-5-9(8)11(15)6-12-14-10(7-18-12)13(16)17;/h2-5,10H,6-7H2,1H3,(H,16,17);/q;+1/p-1. The van der Waals surface area contributed by atoms with Crippen LogP contribution in [0.5, 0.6) is 0 Å². The molecule has 2 rings (SSSR count). The van der Waals surface area contributed by atoms with Crippen LogP contribution < -0.4 is 34.7 Å². The van der Waals surface area contributed by atoms with Gasteiger partial charge in [-0.05, 0) is 12.5 Å². The normalized spacial score (nSPS) is 17.5. The van der Waals surface area contributed by atoms with Crippen molar-refractivity contribution >= 4 is 28.6 Å². The van der Waals surface area contributed by atoms with Crippen molar-refractivity contribution in [2.24, 2.45) is 4.99 Å². The van der Waals surface area contributed by atoms with Gasteiger partial charge in [0.1, 0.15) is 0 Å². The van der Waals surface area contributed by atoms with Crippen LogP contribution in [0.2, 0.25) is 0 Å². The molecule has 6 heteroatoms. The van der Waals surface area contributed by atoms with Crippen LogP contribution in [0.25, 0.3) is 0 Å². The summed E-state index contributed by atoms with van der Waals surface area (Å²) in [4.78, 5) is 26.7. The van der Waals surface area contributed by atoms with Gasteiger partial charge < -0.3 is 9.90 Å². The van der Waals surface area contributed by atoms with Crippen LogP contribution in [0, 0.1) is 6.92 Å². The number of aliphatic imine (C=N–C) groups is 1.